The normalized spacial score (nSPS) is 24.5. The SMILES string of the molecule is CC[C@H](O)CCCCC[C@@H]1NC(=O)[C@H]2CCCCN2C(=O)[C@H]([C@@H](C)CC)NC(=O)[C@H](Cc2cn(OC)c3ccccc23)NC1=O. The van der Waals surface area contributed by atoms with Gasteiger partial charge in [0.25, 0.3) is 0 Å². The molecule has 4 amide bonds. The smallest absolute Gasteiger partial charge is 0.246 e. The van der Waals surface area contributed by atoms with E-state index in [9.17, 15) is 24.3 Å². The maximum absolute atomic E-state index is 14.0. The lowest BCUT2D eigenvalue weighted by molar-refractivity contribution is -0.147. The summed E-state index contributed by atoms with van der Waals surface area (Å²) in [6.45, 7) is 6.26. The zero-order valence-electron chi connectivity index (χ0n) is 27.2. The van der Waals surface area contributed by atoms with Crippen molar-refractivity contribution in [3.05, 3.63) is 36.0 Å². The lowest BCUT2D eigenvalue weighted by atomic mass is 9.93. The van der Waals surface area contributed by atoms with Crippen LogP contribution in [0.5, 0.6) is 0 Å². The molecule has 0 unspecified atom stereocenters. The molecule has 2 aromatic rings. The van der Waals surface area contributed by atoms with Crippen LogP contribution in [0.25, 0.3) is 10.9 Å². The van der Waals surface area contributed by atoms with Gasteiger partial charge in [-0.15, -0.1) is 0 Å². The molecule has 4 rings (SSSR count). The highest BCUT2D eigenvalue weighted by Crippen LogP contribution is 2.24. The van der Waals surface area contributed by atoms with Crippen molar-refractivity contribution in [1.82, 2.24) is 25.6 Å². The number of fused-ring (bicyclic) bond motifs is 2. The molecule has 11 heteroatoms. The molecule has 11 nitrogen and oxygen atoms in total. The van der Waals surface area contributed by atoms with E-state index in [1.165, 1.54) is 0 Å². The van der Waals surface area contributed by atoms with E-state index in [-0.39, 0.29) is 30.3 Å². The molecular weight excluding hydrogens is 574 g/mol. The van der Waals surface area contributed by atoms with Gasteiger partial charge in [-0.2, -0.15) is 4.73 Å². The number of carbonyl (C=O) groups is 4. The van der Waals surface area contributed by atoms with Gasteiger partial charge in [-0.05, 0) is 56.1 Å². The minimum Gasteiger partial charge on any atom is -0.417 e. The lowest BCUT2D eigenvalue weighted by Crippen LogP contribution is -2.64. The second-order valence-corrected chi connectivity index (χ2v) is 12.6. The van der Waals surface area contributed by atoms with Crippen LogP contribution in [-0.2, 0) is 25.6 Å². The Kier molecular flexibility index (Phi) is 12.3. The summed E-state index contributed by atoms with van der Waals surface area (Å²) in [5.74, 6) is -1.64. The first-order valence-electron chi connectivity index (χ1n) is 16.7. The van der Waals surface area contributed by atoms with Gasteiger partial charge in [-0.3, -0.25) is 19.2 Å². The fraction of sp³-hybridized carbons (Fsp3) is 0.647. The van der Waals surface area contributed by atoms with Crippen molar-refractivity contribution >= 4 is 34.5 Å². The molecule has 0 radical (unpaired) electrons. The molecule has 0 aliphatic carbocycles. The van der Waals surface area contributed by atoms with E-state index in [0.717, 1.165) is 42.1 Å². The topological polar surface area (TPSA) is 142 Å². The van der Waals surface area contributed by atoms with Crippen molar-refractivity contribution in [2.45, 2.75) is 122 Å². The van der Waals surface area contributed by atoms with E-state index in [0.29, 0.717) is 45.1 Å². The number of aromatic nitrogens is 1. The number of piperidine rings is 1. The first-order valence-corrected chi connectivity index (χ1v) is 16.7. The van der Waals surface area contributed by atoms with E-state index in [2.05, 4.69) is 16.0 Å². The van der Waals surface area contributed by atoms with Crippen LogP contribution in [0.15, 0.2) is 30.5 Å². The minimum absolute atomic E-state index is 0.164. The van der Waals surface area contributed by atoms with Gasteiger partial charge in [0.15, 0.2) is 0 Å². The van der Waals surface area contributed by atoms with E-state index in [1.54, 1.807) is 22.9 Å². The zero-order chi connectivity index (χ0) is 32.5. The van der Waals surface area contributed by atoms with Gasteiger partial charge in [0.1, 0.15) is 31.3 Å². The van der Waals surface area contributed by atoms with Crippen LogP contribution in [0, 0.1) is 5.92 Å². The highest BCUT2D eigenvalue weighted by Gasteiger charge is 2.40. The Balaban J connectivity index is 1.66. The van der Waals surface area contributed by atoms with Crippen molar-refractivity contribution in [2.24, 2.45) is 5.92 Å². The summed E-state index contributed by atoms with van der Waals surface area (Å²) in [5.41, 5.74) is 1.63. The highest BCUT2D eigenvalue weighted by atomic mass is 16.6. The number of hydrogen-bond acceptors (Lipinski definition) is 6. The predicted octanol–water partition coefficient (Wildman–Crippen LogP) is 2.86. The molecule has 2 aliphatic heterocycles. The van der Waals surface area contributed by atoms with Crippen molar-refractivity contribution in [3.8, 4) is 0 Å². The van der Waals surface area contributed by atoms with Crippen molar-refractivity contribution in [1.29, 1.82) is 0 Å². The summed E-state index contributed by atoms with van der Waals surface area (Å²) in [6, 6.07) is 4.28. The van der Waals surface area contributed by atoms with E-state index < -0.39 is 36.0 Å². The fourth-order valence-electron chi connectivity index (χ4n) is 6.46. The molecule has 4 N–H and O–H groups in total. The third-order valence-electron chi connectivity index (χ3n) is 9.51. The Hall–Kier alpha value is -3.60. The van der Waals surface area contributed by atoms with E-state index in [1.807, 2.05) is 45.0 Å². The number of aliphatic hydroxyl groups excluding tert-OH is 1. The Labute approximate surface area is 266 Å². The number of carbonyl (C=O) groups excluding carboxylic acids is 4. The summed E-state index contributed by atoms with van der Waals surface area (Å²) >= 11 is 0. The minimum atomic E-state index is -0.997. The molecule has 2 fully saturated rings. The van der Waals surface area contributed by atoms with Gasteiger partial charge in [-0.25, -0.2) is 0 Å². The number of amides is 4. The van der Waals surface area contributed by atoms with Gasteiger partial charge >= 0.3 is 0 Å². The quantitative estimate of drug-likeness (QED) is 0.267. The fourth-order valence-corrected chi connectivity index (χ4v) is 6.46. The number of nitrogens with one attached hydrogen (secondary N) is 3. The molecular formula is C34H51N5O6. The number of aliphatic hydroxyl groups is 1. The van der Waals surface area contributed by atoms with Crippen molar-refractivity contribution in [2.75, 3.05) is 13.7 Å². The highest BCUT2D eigenvalue weighted by molar-refractivity contribution is 5.98. The van der Waals surface area contributed by atoms with Crippen molar-refractivity contribution < 1.29 is 29.1 Å². The molecule has 0 saturated carbocycles. The monoisotopic (exact) mass is 625 g/mol. The van der Waals surface area contributed by atoms with Crippen LogP contribution in [0.1, 0.15) is 90.5 Å². The molecule has 2 saturated heterocycles. The number of rotatable bonds is 12. The molecule has 1 aromatic heterocycles. The van der Waals surface area contributed by atoms with Gasteiger partial charge in [0.2, 0.25) is 23.6 Å². The zero-order valence-corrected chi connectivity index (χ0v) is 27.2. The third kappa shape index (κ3) is 8.36. The molecule has 3 heterocycles. The molecule has 1 aromatic carbocycles. The summed E-state index contributed by atoms with van der Waals surface area (Å²) in [4.78, 5) is 62.8. The van der Waals surface area contributed by atoms with E-state index >= 15 is 0 Å². The van der Waals surface area contributed by atoms with Crippen LogP contribution in [0.3, 0.4) is 0 Å². The molecule has 0 bridgehead atoms. The predicted molar refractivity (Wildman–Crippen MR) is 172 cm³/mol. The van der Waals surface area contributed by atoms with Crippen LogP contribution in [-0.4, -0.2) is 82.3 Å². The Morgan fingerprint density at radius 1 is 0.933 bits per heavy atom. The van der Waals surface area contributed by atoms with Crippen LogP contribution in [0.4, 0.5) is 0 Å². The van der Waals surface area contributed by atoms with Crippen LogP contribution in [0.2, 0.25) is 0 Å². The Morgan fingerprint density at radius 2 is 1.67 bits per heavy atom. The van der Waals surface area contributed by atoms with Gasteiger partial charge in [0, 0.05) is 24.5 Å². The maximum Gasteiger partial charge on any atom is 0.246 e. The summed E-state index contributed by atoms with van der Waals surface area (Å²) in [5, 5.41) is 19.7. The van der Waals surface area contributed by atoms with Gasteiger partial charge in [-0.1, -0.05) is 64.7 Å². The van der Waals surface area contributed by atoms with Gasteiger partial charge in [0.05, 0.1) is 11.6 Å². The second kappa shape index (κ2) is 16.1. The third-order valence-corrected chi connectivity index (χ3v) is 9.51. The first-order chi connectivity index (χ1) is 21.7. The molecule has 2 aliphatic rings. The standard InChI is InChI=1S/C34H51N5O6/c1-5-22(3)30-34(44)38-19-13-12-18-29(38)33(43)35-26(16-9-7-8-14-24(40)6-2)31(41)36-27(32(42)37-30)20-23-21-39(45-4)28-17-11-10-15-25(23)28/h10-11,15,17,21-22,24,26-27,29-30,40H,5-9,12-14,16,18-20H2,1-4H3,(H,35,43)(H,36,41)(H,37,42)/t22-,24-,26-,27-,29+,30-/m0/s1. The number of benzene rings is 1. The Bertz CT molecular complexity index is 1330. The maximum atomic E-state index is 14.0. The number of hydrogen-bond donors (Lipinski definition) is 4. The molecule has 45 heavy (non-hydrogen) atoms. The summed E-state index contributed by atoms with van der Waals surface area (Å²) < 4.78 is 1.63. The first kappa shape index (κ1) is 34.3. The van der Waals surface area contributed by atoms with E-state index in [4.69, 9.17) is 4.84 Å². The average molecular weight is 626 g/mol. The number of unbranched alkanes of at least 4 members (excludes halogenated alkanes) is 2. The Morgan fingerprint density at radius 3 is 2.40 bits per heavy atom. The summed E-state index contributed by atoms with van der Waals surface area (Å²) in [6.07, 6.45) is 8.40. The molecule has 248 valence electrons. The number of para-hydroxylation sites is 1. The number of nitrogens with zero attached hydrogens (tertiary/aromatic N) is 2. The largest absolute Gasteiger partial charge is 0.417 e. The average Bonchev–Trinajstić information content (AvgIpc) is 3.41. The lowest BCUT2D eigenvalue weighted by Gasteiger charge is -2.39. The second-order valence-electron chi connectivity index (χ2n) is 12.6. The van der Waals surface area contributed by atoms with Crippen molar-refractivity contribution in [3.63, 3.8) is 0 Å². The molecule has 6 atom stereocenters. The van der Waals surface area contributed by atoms with Gasteiger partial charge < -0.3 is 30.8 Å². The van der Waals surface area contributed by atoms with Crippen LogP contribution < -0.4 is 20.8 Å². The summed E-state index contributed by atoms with van der Waals surface area (Å²) in [7, 11) is 1.56. The van der Waals surface area contributed by atoms with Crippen LogP contribution >= 0.6 is 0 Å². The molecule has 0 spiro atoms.